The van der Waals surface area contributed by atoms with E-state index < -0.39 is 0 Å². The Labute approximate surface area is 112 Å². The van der Waals surface area contributed by atoms with E-state index in [9.17, 15) is 4.79 Å². The summed E-state index contributed by atoms with van der Waals surface area (Å²) in [7, 11) is 1.85. The molecule has 0 atom stereocenters. The quantitative estimate of drug-likeness (QED) is 0.824. The van der Waals surface area contributed by atoms with Gasteiger partial charge < -0.3 is 4.90 Å². The zero-order chi connectivity index (χ0) is 13.1. The third kappa shape index (κ3) is 2.79. The number of amides is 1. The summed E-state index contributed by atoms with van der Waals surface area (Å²) in [5.41, 5.74) is 2.34. The molecule has 18 heavy (non-hydrogen) atoms. The summed E-state index contributed by atoms with van der Waals surface area (Å²) in [5.74, 6) is 0.0973. The maximum atomic E-state index is 12.3. The van der Waals surface area contributed by atoms with E-state index in [1.807, 2.05) is 57.3 Å². The molecule has 2 aromatic rings. The van der Waals surface area contributed by atoms with Crippen LogP contribution in [0.4, 0.5) is 0 Å². The topological polar surface area (TPSA) is 20.3 Å². The van der Waals surface area contributed by atoms with Gasteiger partial charge in [0.05, 0.1) is 4.88 Å². The van der Waals surface area contributed by atoms with Gasteiger partial charge in [-0.05, 0) is 31.0 Å². The molecule has 2 nitrogen and oxygen atoms in total. The van der Waals surface area contributed by atoms with E-state index in [0.29, 0.717) is 6.54 Å². The van der Waals surface area contributed by atoms with Crippen LogP contribution in [0.15, 0.2) is 36.4 Å². The van der Waals surface area contributed by atoms with Gasteiger partial charge in [-0.15, -0.1) is 11.3 Å². The van der Waals surface area contributed by atoms with Crippen molar-refractivity contribution in [1.29, 1.82) is 0 Å². The van der Waals surface area contributed by atoms with Crippen molar-refractivity contribution in [2.75, 3.05) is 7.05 Å². The molecule has 2 rings (SSSR count). The number of hydrogen-bond donors (Lipinski definition) is 0. The Hall–Kier alpha value is -1.61. The summed E-state index contributed by atoms with van der Waals surface area (Å²) in [6.45, 7) is 4.74. The van der Waals surface area contributed by atoms with Crippen molar-refractivity contribution in [2.24, 2.45) is 0 Å². The summed E-state index contributed by atoms with van der Waals surface area (Å²) in [6.07, 6.45) is 0. The standard InChI is InChI=1S/C15H17NOS/c1-11-9-14(18-12(11)2)15(17)16(3)10-13-7-5-4-6-8-13/h4-9H,10H2,1-3H3. The molecule has 0 aliphatic heterocycles. The zero-order valence-electron chi connectivity index (χ0n) is 10.9. The molecule has 0 saturated heterocycles. The molecule has 0 saturated carbocycles. The van der Waals surface area contributed by atoms with Crippen LogP contribution in [0.5, 0.6) is 0 Å². The monoisotopic (exact) mass is 259 g/mol. The maximum Gasteiger partial charge on any atom is 0.263 e. The Bertz CT molecular complexity index is 525. The van der Waals surface area contributed by atoms with Gasteiger partial charge in [-0.3, -0.25) is 4.79 Å². The van der Waals surface area contributed by atoms with Crippen LogP contribution in [-0.2, 0) is 6.54 Å². The minimum atomic E-state index is 0.0973. The first-order valence-electron chi connectivity index (χ1n) is 5.94. The molecule has 0 aliphatic rings. The molecule has 0 bridgehead atoms. The highest BCUT2D eigenvalue weighted by molar-refractivity contribution is 7.14. The molecule has 0 unspecified atom stereocenters. The number of carbonyl (C=O) groups excluding carboxylic acids is 1. The van der Waals surface area contributed by atoms with Crippen LogP contribution in [-0.4, -0.2) is 17.9 Å². The van der Waals surface area contributed by atoms with Crippen LogP contribution in [0.2, 0.25) is 0 Å². The third-order valence-electron chi connectivity index (χ3n) is 2.99. The number of thiophene rings is 1. The lowest BCUT2D eigenvalue weighted by molar-refractivity contribution is 0.0790. The Morgan fingerprint density at radius 1 is 1.22 bits per heavy atom. The van der Waals surface area contributed by atoms with Gasteiger partial charge in [-0.1, -0.05) is 30.3 Å². The minimum Gasteiger partial charge on any atom is -0.337 e. The van der Waals surface area contributed by atoms with Crippen LogP contribution < -0.4 is 0 Å². The summed E-state index contributed by atoms with van der Waals surface area (Å²) >= 11 is 1.57. The predicted molar refractivity (Wildman–Crippen MR) is 76.0 cm³/mol. The number of carbonyl (C=O) groups is 1. The van der Waals surface area contributed by atoms with Crippen LogP contribution in [0.1, 0.15) is 25.7 Å². The fourth-order valence-corrected chi connectivity index (χ4v) is 2.82. The summed E-state index contributed by atoms with van der Waals surface area (Å²) in [4.78, 5) is 16.1. The second kappa shape index (κ2) is 5.36. The molecule has 1 amide bonds. The first-order valence-corrected chi connectivity index (χ1v) is 6.76. The van der Waals surface area contributed by atoms with Crippen molar-refractivity contribution >= 4 is 17.2 Å². The first-order chi connectivity index (χ1) is 8.58. The van der Waals surface area contributed by atoms with Gasteiger partial charge in [0.15, 0.2) is 0 Å². The maximum absolute atomic E-state index is 12.3. The molecule has 0 radical (unpaired) electrons. The molecule has 94 valence electrons. The Balaban J connectivity index is 2.09. The zero-order valence-corrected chi connectivity index (χ0v) is 11.8. The van der Waals surface area contributed by atoms with Crippen LogP contribution in [0.25, 0.3) is 0 Å². The SMILES string of the molecule is Cc1cc(C(=O)N(C)Cc2ccccc2)sc1C. The van der Waals surface area contributed by atoms with Crippen molar-refractivity contribution in [2.45, 2.75) is 20.4 Å². The van der Waals surface area contributed by atoms with Crippen LogP contribution >= 0.6 is 11.3 Å². The molecule has 0 spiro atoms. The average molecular weight is 259 g/mol. The number of hydrogen-bond acceptors (Lipinski definition) is 2. The lowest BCUT2D eigenvalue weighted by atomic mass is 10.2. The van der Waals surface area contributed by atoms with Crippen molar-refractivity contribution in [3.8, 4) is 0 Å². The lowest BCUT2D eigenvalue weighted by Gasteiger charge is -2.16. The number of aryl methyl sites for hydroxylation is 2. The number of nitrogens with zero attached hydrogens (tertiary/aromatic N) is 1. The van der Waals surface area contributed by atoms with Crippen molar-refractivity contribution in [1.82, 2.24) is 4.90 Å². The van der Waals surface area contributed by atoms with E-state index in [-0.39, 0.29) is 5.91 Å². The third-order valence-corrected chi connectivity index (χ3v) is 4.13. The largest absolute Gasteiger partial charge is 0.337 e. The first kappa shape index (κ1) is 12.8. The second-order valence-corrected chi connectivity index (χ2v) is 5.75. The number of benzene rings is 1. The van der Waals surface area contributed by atoms with Gasteiger partial charge >= 0.3 is 0 Å². The van der Waals surface area contributed by atoms with E-state index in [2.05, 4.69) is 0 Å². The molecule has 1 aromatic heterocycles. The van der Waals surface area contributed by atoms with Gasteiger partial charge in [0.1, 0.15) is 0 Å². The summed E-state index contributed by atoms with van der Waals surface area (Å²) in [6, 6.07) is 12.0. The van der Waals surface area contributed by atoms with E-state index in [4.69, 9.17) is 0 Å². The Morgan fingerprint density at radius 3 is 2.44 bits per heavy atom. The average Bonchev–Trinajstić information content (AvgIpc) is 2.70. The fraction of sp³-hybridized carbons (Fsp3) is 0.267. The molecule has 0 N–H and O–H groups in total. The van der Waals surface area contributed by atoms with E-state index in [0.717, 1.165) is 10.4 Å². The molecule has 3 heteroatoms. The minimum absolute atomic E-state index is 0.0973. The Kier molecular flexibility index (Phi) is 3.82. The lowest BCUT2D eigenvalue weighted by Crippen LogP contribution is -2.25. The van der Waals surface area contributed by atoms with Gasteiger partial charge in [-0.2, -0.15) is 0 Å². The van der Waals surface area contributed by atoms with Gasteiger partial charge in [0.25, 0.3) is 5.91 Å². The second-order valence-electron chi connectivity index (χ2n) is 4.50. The van der Waals surface area contributed by atoms with Crippen LogP contribution in [0, 0.1) is 13.8 Å². The number of rotatable bonds is 3. The van der Waals surface area contributed by atoms with Gasteiger partial charge in [0.2, 0.25) is 0 Å². The van der Waals surface area contributed by atoms with Crippen molar-refractivity contribution in [3.05, 3.63) is 57.3 Å². The summed E-state index contributed by atoms with van der Waals surface area (Å²) < 4.78 is 0. The van der Waals surface area contributed by atoms with E-state index in [1.54, 1.807) is 16.2 Å². The van der Waals surface area contributed by atoms with Crippen molar-refractivity contribution < 1.29 is 4.79 Å². The summed E-state index contributed by atoms with van der Waals surface area (Å²) in [5, 5.41) is 0. The smallest absolute Gasteiger partial charge is 0.263 e. The fourth-order valence-electron chi connectivity index (χ4n) is 1.80. The molecule has 0 aliphatic carbocycles. The highest BCUT2D eigenvalue weighted by Crippen LogP contribution is 2.22. The predicted octanol–water partition coefficient (Wildman–Crippen LogP) is 3.64. The molecule has 1 aromatic carbocycles. The van der Waals surface area contributed by atoms with Gasteiger partial charge in [-0.25, -0.2) is 0 Å². The van der Waals surface area contributed by atoms with Crippen LogP contribution in [0.3, 0.4) is 0 Å². The van der Waals surface area contributed by atoms with E-state index in [1.165, 1.54) is 10.4 Å². The normalized spacial score (nSPS) is 10.4. The highest BCUT2D eigenvalue weighted by Gasteiger charge is 2.15. The molecule has 1 heterocycles. The Morgan fingerprint density at radius 2 is 1.89 bits per heavy atom. The molecule has 0 fully saturated rings. The van der Waals surface area contributed by atoms with Crippen molar-refractivity contribution in [3.63, 3.8) is 0 Å². The van der Waals surface area contributed by atoms with E-state index >= 15 is 0 Å². The highest BCUT2D eigenvalue weighted by atomic mass is 32.1. The molecular formula is C15H17NOS. The van der Waals surface area contributed by atoms with Gasteiger partial charge in [0, 0.05) is 18.5 Å². The molecular weight excluding hydrogens is 242 g/mol.